The highest BCUT2D eigenvalue weighted by atomic mass is 16.5. The van der Waals surface area contributed by atoms with Crippen LogP contribution >= 0.6 is 0 Å². The van der Waals surface area contributed by atoms with E-state index in [1.165, 1.54) is 32.1 Å². The fourth-order valence-corrected chi connectivity index (χ4v) is 2.49. The van der Waals surface area contributed by atoms with E-state index in [4.69, 9.17) is 4.74 Å². The molecule has 2 unspecified atom stereocenters. The second-order valence-corrected chi connectivity index (χ2v) is 5.33. The van der Waals surface area contributed by atoms with E-state index >= 15 is 0 Å². The van der Waals surface area contributed by atoms with Crippen molar-refractivity contribution in [2.75, 3.05) is 26.7 Å². The van der Waals surface area contributed by atoms with Crippen LogP contribution < -0.4 is 5.32 Å². The Hall–Kier alpha value is -0.120. The minimum absolute atomic E-state index is 0.462. The minimum atomic E-state index is 0.462. The van der Waals surface area contributed by atoms with E-state index in [0.29, 0.717) is 12.2 Å². The summed E-state index contributed by atoms with van der Waals surface area (Å²) in [7, 11) is 2.24. The van der Waals surface area contributed by atoms with Crippen LogP contribution in [0, 0.1) is 0 Å². The Morgan fingerprint density at radius 2 is 1.94 bits per heavy atom. The summed E-state index contributed by atoms with van der Waals surface area (Å²) in [5.41, 5.74) is 0. The predicted molar refractivity (Wildman–Crippen MR) is 66.7 cm³/mol. The molecular weight excluding hydrogens is 200 g/mol. The van der Waals surface area contributed by atoms with Crippen molar-refractivity contribution in [3.05, 3.63) is 0 Å². The standard InChI is InChI=1S/C13H26N2O/c1-3-8-14-9-12-6-7-13(16-12)10-15(2)11-4-5-11/h11-14H,3-10H2,1-2H3. The Labute approximate surface area is 99.5 Å². The topological polar surface area (TPSA) is 24.5 Å². The molecule has 94 valence electrons. The van der Waals surface area contributed by atoms with Gasteiger partial charge in [-0.25, -0.2) is 0 Å². The fraction of sp³-hybridized carbons (Fsp3) is 1.00. The Morgan fingerprint density at radius 3 is 2.62 bits per heavy atom. The second-order valence-electron chi connectivity index (χ2n) is 5.33. The van der Waals surface area contributed by atoms with Gasteiger partial charge >= 0.3 is 0 Å². The molecule has 2 fully saturated rings. The third kappa shape index (κ3) is 3.72. The first-order valence-electron chi connectivity index (χ1n) is 6.86. The molecule has 0 aromatic heterocycles. The molecule has 16 heavy (non-hydrogen) atoms. The number of ether oxygens (including phenoxy) is 1. The maximum absolute atomic E-state index is 6.05. The molecule has 0 aromatic rings. The van der Waals surface area contributed by atoms with Crippen LogP contribution in [0.5, 0.6) is 0 Å². The van der Waals surface area contributed by atoms with Gasteiger partial charge in [0.2, 0.25) is 0 Å². The first-order chi connectivity index (χ1) is 7.79. The lowest BCUT2D eigenvalue weighted by Gasteiger charge is -2.21. The van der Waals surface area contributed by atoms with Crippen LogP contribution in [-0.4, -0.2) is 49.8 Å². The summed E-state index contributed by atoms with van der Waals surface area (Å²) >= 11 is 0. The molecule has 0 radical (unpaired) electrons. The van der Waals surface area contributed by atoms with Crippen LogP contribution in [-0.2, 0) is 4.74 Å². The highest BCUT2D eigenvalue weighted by Crippen LogP contribution is 2.27. The van der Waals surface area contributed by atoms with Gasteiger partial charge in [-0.05, 0) is 45.7 Å². The van der Waals surface area contributed by atoms with Crippen LogP contribution in [0.4, 0.5) is 0 Å². The number of nitrogens with one attached hydrogen (secondary N) is 1. The van der Waals surface area contributed by atoms with Crippen molar-refractivity contribution < 1.29 is 4.74 Å². The number of hydrogen-bond donors (Lipinski definition) is 1. The molecule has 2 rings (SSSR count). The van der Waals surface area contributed by atoms with Gasteiger partial charge < -0.3 is 15.0 Å². The fourth-order valence-electron chi connectivity index (χ4n) is 2.49. The lowest BCUT2D eigenvalue weighted by molar-refractivity contribution is 0.0267. The molecule has 2 atom stereocenters. The Morgan fingerprint density at radius 1 is 1.19 bits per heavy atom. The van der Waals surface area contributed by atoms with E-state index in [9.17, 15) is 0 Å². The average Bonchev–Trinajstić information content (AvgIpc) is 3.03. The zero-order valence-corrected chi connectivity index (χ0v) is 10.7. The van der Waals surface area contributed by atoms with Crippen molar-refractivity contribution in [1.29, 1.82) is 0 Å². The maximum Gasteiger partial charge on any atom is 0.0707 e. The van der Waals surface area contributed by atoms with Crippen LogP contribution in [0.15, 0.2) is 0 Å². The molecule has 0 spiro atoms. The number of nitrogens with zero attached hydrogens (tertiary/aromatic N) is 1. The third-order valence-corrected chi connectivity index (χ3v) is 3.66. The molecule has 1 aliphatic heterocycles. The van der Waals surface area contributed by atoms with E-state index in [-0.39, 0.29) is 0 Å². The number of rotatable bonds is 7. The van der Waals surface area contributed by atoms with E-state index in [1.54, 1.807) is 0 Å². The minimum Gasteiger partial charge on any atom is -0.372 e. The van der Waals surface area contributed by atoms with Gasteiger partial charge in [-0.1, -0.05) is 6.92 Å². The molecule has 0 aromatic carbocycles. The Kier molecular flexibility index (Phi) is 4.62. The van der Waals surface area contributed by atoms with Crippen molar-refractivity contribution in [2.45, 2.75) is 57.3 Å². The van der Waals surface area contributed by atoms with Crippen molar-refractivity contribution in [2.24, 2.45) is 0 Å². The summed E-state index contributed by atoms with van der Waals surface area (Å²) in [5, 5.41) is 3.45. The first-order valence-corrected chi connectivity index (χ1v) is 6.86. The van der Waals surface area contributed by atoms with Crippen molar-refractivity contribution in [1.82, 2.24) is 10.2 Å². The summed E-state index contributed by atoms with van der Waals surface area (Å²) in [6, 6.07) is 0.862. The molecule has 0 bridgehead atoms. The quantitative estimate of drug-likeness (QED) is 0.668. The zero-order valence-electron chi connectivity index (χ0n) is 10.7. The summed E-state index contributed by atoms with van der Waals surface area (Å²) in [6.07, 6.45) is 7.42. The monoisotopic (exact) mass is 226 g/mol. The summed E-state index contributed by atoms with van der Waals surface area (Å²) in [5.74, 6) is 0. The van der Waals surface area contributed by atoms with Crippen molar-refractivity contribution in [3.8, 4) is 0 Å². The summed E-state index contributed by atoms with van der Waals surface area (Å²) < 4.78 is 6.05. The molecule has 1 saturated heterocycles. The predicted octanol–water partition coefficient (Wildman–Crippen LogP) is 1.63. The molecule has 1 heterocycles. The van der Waals surface area contributed by atoms with Gasteiger partial charge in [0.25, 0.3) is 0 Å². The second kappa shape index (κ2) is 5.99. The molecular formula is C13H26N2O. The smallest absolute Gasteiger partial charge is 0.0707 e. The van der Waals surface area contributed by atoms with Crippen molar-refractivity contribution in [3.63, 3.8) is 0 Å². The number of likely N-dealkylation sites (N-methyl/N-ethyl adjacent to an activating group) is 1. The van der Waals surface area contributed by atoms with Crippen LogP contribution in [0.2, 0.25) is 0 Å². The molecule has 1 N–H and O–H groups in total. The molecule has 1 saturated carbocycles. The highest BCUT2D eigenvalue weighted by molar-refractivity contribution is 4.85. The molecule has 3 heteroatoms. The molecule has 1 aliphatic carbocycles. The van der Waals surface area contributed by atoms with Crippen molar-refractivity contribution >= 4 is 0 Å². The Bertz CT molecular complexity index is 206. The third-order valence-electron chi connectivity index (χ3n) is 3.66. The van der Waals surface area contributed by atoms with Gasteiger partial charge in [-0.15, -0.1) is 0 Å². The van der Waals surface area contributed by atoms with Gasteiger partial charge in [0.1, 0.15) is 0 Å². The average molecular weight is 226 g/mol. The molecule has 0 amide bonds. The molecule has 3 nitrogen and oxygen atoms in total. The summed E-state index contributed by atoms with van der Waals surface area (Å²) in [6.45, 7) is 5.49. The normalized spacial score (nSPS) is 30.2. The van der Waals surface area contributed by atoms with Gasteiger partial charge in [0.15, 0.2) is 0 Å². The molecule has 2 aliphatic rings. The van der Waals surface area contributed by atoms with E-state index in [0.717, 1.165) is 25.7 Å². The zero-order chi connectivity index (χ0) is 11.4. The van der Waals surface area contributed by atoms with Crippen LogP contribution in [0.1, 0.15) is 39.0 Å². The largest absolute Gasteiger partial charge is 0.372 e. The van der Waals surface area contributed by atoms with E-state index in [1.807, 2.05) is 0 Å². The van der Waals surface area contributed by atoms with Gasteiger partial charge in [-0.2, -0.15) is 0 Å². The van der Waals surface area contributed by atoms with E-state index in [2.05, 4.69) is 24.2 Å². The van der Waals surface area contributed by atoms with Crippen LogP contribution in [0.3, 0.4) is 0 Å². The van der Waals surface area contributed by atoms with Gasteiger partial charge in [-0.3, -0.25) is 0 Å². The first kappa shape index (κ1) is 12.3. The lowest BCUT2D eigenvalue weighted by Crippen LogP contribution is -2.33. The van der Waals surface area contributed by atoms with E-state index < -0.39 is 0 Å². The van der Waals surface area contributed by atoms with Crippen LogP contribution in [0.25, 0.3) is 0 Å². The van der Waals surface area contributed by atoms with Gasteiger partial charge in [0, 0.05) is 19.1 Å². The lowest BCUT2D eigenvalue weighted by atomic mass is 10.2. The SMILES string of the molecule is CCCNCC1CCC(CN(C)C2CC2)O1. The van der Waals surface area contributed by atoms with Gasteiger partial charge in [0.05, 0.1) is 12.2 Å². The summed E-state index contributed by atoms with van der Waals surface area (Å²) in [4.78, 5) is 2.48. The maximum atomic E-state index is 6.05. The number of hydrogen-bond acceptors (Lipinski definition) is 3. The Balaban J connectivity index is 1.59. The highest BCUT2D eigenvalue weighted by Gasteiger charge is 2.31.